The molecule has 2 aliphatic rings. The molecule has 1 aromatic carbocycles. The number of benzene rings is 1. The van der Waals surface area contributed by atoms with Crippen LogP contribution >= 0.6 is 0 Å². The minimum Gasteiger partial charge on any atom is -0.481 e. The first-order valence-corrected chi connectivity index (χ1v) is 9.82. The first-order chi connectivity index (χ1) is 13.6. The Morgan fingerprint density at radius 2 is 1.89 bits per heavy atom. The number of likely N-dealkylation sites (tertiary alicyclic amines) is 1. The maximum absolute atomic E-state index is 12.8. The van der Waals surface area contributed by atoms with Crippen LogP contribution in [-0.2, 0) is 16.1 Å². The fourth-order valence-corrected chi connectivity index (χ4v) is 4.29. The predicted octanol–water partition coefficient (Wildman–Crippen LogP) is 2.27. The topological polar surface area (TPSA) is 84.7 Å². The lowest BCUT2D eigenvalue weighted by Crippen LogP contribution is -2.43. The minimum atomic E-state index is -0.767. The first-order valence-electron chi connectivity index (χ1n) is 9.82. The molecule has 2 atom stereocenters. The van der Waals surface area contributed by atoms with Crippen LogP contribution in [0.15, 0.2) is 42.7 Å². The molecule has 1 unspecified atom stereocenters. The van der Waals surface area contributed by atoms with Crippen LogP contribution in [0.5, 0.6) is 0 Å². The van der Waals surface area contributed by atoms with Gasteiger partial charge in [-0.3, -0.25) is 14.3 Å². The van der Waals surface area contributed by atoms with Crippen LogP contribution in [0.25, 0.3) is 0 Å². The summed E-state index contributed by atoms with van der Waals surface area (Å²) in [5.74, 6) is -0.930. The molecule has 1 N–H and O–H groups in total. The van der Waals surface area contributed by atoms with Crippen molar-refractivity contribution in [2.45, 2.75) is 31.9 Å². The van der Waals surface area contributed by atoms with E-state index in [4.69, 9.17) is 4.74 Å². The summed E-state index contributed by atoms with van der Waals surface area (Å²) in [5.41, 5.74) is 1.78. The van der Waals surface area contributed by atoms with E-state index in [1.807, 2.05) is 46.1 Å². The second kappa shape index (κ2) is 8.14. The van der Waals surface area contributed by atoms with Crippen LogP contribution in [0.4, 0.5) is 0 Å². The summed E-state index contributed by atoms with van der Waals surface area (Å²) in [5, 5.41) is 13.5. The molecule has 1 amide bonds. The average Bonchev–Trinajstić information content (AvgIpc) is 3.40. The van der Waals surface area contributed by atoms with Crippen LogP contribution in [0.2, 0.25) is 0 Å². The van der Waals surface area contributed by atoms with Crippen molar-refractivity contribution in [3.05, 3.63) is 53.9 Å². The molecule has 3 heterocycles. The van der Waals surface area contributed by atoms with Crippen LogP contribution in [0.1, 0.15) is 35.2 Å². The molecule has 0 aliphatic carbocycles. The van der Waals surface area contributed by atoms with Crippen molar-refractivity contribution in [3.63, 3.8) is 0 Å². The van der Waals surface area contributed by atoms with E-state index in [0.717, 1.165) is 18.4 Å². The number of hydrogen-bond acceptors (Lipinski definition) is 4. The number of carboxylic acids is 1. The van der Waals surface area contributed by atoms with Crippen molar-refractivity contribution in [1.29, 1.82) is 0 Å². The molecule has 7 heteroatoms. The molecular formula is C21H25N3O4. The van der Waals surface area contributed by atoms with E-state index in [9.17, 15) is 14.7 Å². The van der Waals surface area contributed by atoms with E-state index in [2.05, 4.69) is 5.10 Å². The molecule has 28 heavy (non-hydrogen) atoms. The van der Waals surface area contributed by atoms with Crippen LogP contribution in [-0.4, -0.2) is 57.5 Å². The zero-order chi connectivity index (χ0) is 19.5. The molecule has 2 aliphatic heterocycles. The van der Waals surface area contributed by atoms with Crippen molar-refractivity contribution in [2.24, 2.45) is 11.8 Å². The third-order valence-corrected chi connectivity index (χ3v) is 5.85. The number of carbonyl (C=O) groups is 2. The normalized spacial score (nSPS) is 23.1. The van der Waals surface area contributed by atoms with Gasteiger partial charge in [0.1, 0.15) is 0 Å². The van der Waals surface area contributed by atoms with Crippen LogP contribution in [0, 0.1) is 11.8 Å². The Kier molecular flexibility index (Phi) is 5.43. The maximum Gasteiger partial charge on any atom is 0.309 e. The monoisotopic (exact) mass is 383 g/mol. The number of nitrogens with zero attached hydrogens (tertiary/aromatic N) is 3. The summed E-state index contributed by atoms with van der Waals surface area (Å²) in [6.07, 6.45) is 5.61. The van der Waals surface area contributed by atoms with Gasteiger partial charge in [0.25, 0.3) is 5.91 Å². The van der Waals surface area contributed by atoms with Gasteiger partial charge in [-0.1, -0.05) is 12.1 Å². The molecule has 0 saturated carbocycles. The summed E-state index contributed by atoms with van der Waals surface area (Å²) in [6, 6.07) is 9.55. The molecule has 1 aromatic heterocycles. The SMILES string of the molecule is O=C(O)C1CCO[C@H]1C1CCN(C(=O)c2ccc(Cn3cccn3)cc2)CC1. The number of amides is 1. The fourth-order valence-electron chi connectivity index (χ4n) is 4.29. The first kappa shape index (κ1) is 18.7. The Hall–Kier alpha value is -2.67. The Bertz CT molecular complexity index is 811. The molecule has 2 aromatic rings. The third kappa shape index (κ3) is 3.94. The Balaban J connectivity index is 1.33. The highest BCUT2D eigenvalue weighted by atomic mass is 16.5. The third-order valence-electron chi connectivity index (χ3n) is 5.85. The largest absolute Gasteiger partial charge is 0.481 e. The van der Waals surface area contributed by atoms with Crippen molar-refractivity contribution >= 4 is 11.9 Å². The van der Waals surface area contributed by atoms with E-state index < -0.39 is 11.9 Å². The number of carbonyl (C=O) groups excluding carboxylic acids is 1. The predicted molar refractivity (Wildman–Crippen MR) is 102 cm³/mol. The standard InChI is InChI=1S/C21H25N3O4/c25-20(17-4-2-15(3-5-17)14-24-10-1-9-22-24)23-11-6-16(7-12-23)19-18(21(26)27)8-13-28-19/h1-5,9-10,16,18-19H,6-8,11-14H2,(H,26,27)/t18?,19-/m0/s1. The smallest absolute Gasteiger partial charge is 0.309 e. The molecule has 7 nitrogen and oxygen atoms in total. The quantitative estimate of drug-likeness (QED) is 0.856. The molecule has 0 radical (unpaired) electrons. The molecule has 148 valence electrons. The lowest BCUT2D eigenvalue weighted by molar-refractivity contribution is -0.145. The second-order valence-corrected chi connectivity index (χ2v) is 7.60. The van der Waals surface area contributed by atoms with Gasteiger partial charge >= 0.3 is 5.97 Å². The number of rotatable bonds is 5. The number of aliphatic carboxylic acids is 1. The number of aromatic nitrogens is 2. The lowest BCUT2D eigenvalue weighted by Gasteiger charge is -2.35. The molecule has 4 rings (SSSR count). The Morgan fingerprint density at radius 1 is 1.14 bits per heavy atom. The highest BCUT2D eigenvalue weighted by Gasteiger charge is 2.40. The molecule has 2 fully saturated rings. The van der Waals surface area contributed by atoms with E-state index in [1.165, 1.54) is 0 Å². The summed E-state index contributed by atoms with van der Waals surface area (Å²) in [7, 11) is 0. The summed E-state index contributed by atoms with van der Waals surface area (Å²) in [6.45, 7) is 2.49. The Labute approximate surface area is 163 Å². The summed E-state index contributed by atoms with van der Waals surface area (Å²) in [4.78, 5) is 26.1. The number of carboxylic acid groups (broad SMARTS) is 1. The van der Waals surface area contributed by atoms with E-state index in [0.29, 0.717) is 38.2 Å². The van der Waals surface area contributed by atoms with Crippen LogP contribution in [0.3, 0.4) is 0 Å². The maximum atomic E-state index is 12.8. The Morgan fingerprint density at radius 3 is 2.54 bits per heavy atom. The van der Waals surface area contributed by atoms with Crippen molar-refractivity contribution in [3.8, 4) is 0 Å². The summed E-state index contributed by atoms with van der Waals surface area (Å²) >= 11 is 0. The molecular weight excluding hydrogens is 358 g/mol. The highest BCUT2D eigenvalue weighted by Crippen LogP contribution is 2.33. The zero-order valence-corrected chi connectivity index (χ0v) is 15.7. The number of ether oxygens (including phenoxy) is 1. The van der Waals surface area contributed by atoms with Gasteiger partial charge < -0.3 is 14.7 Å². The number of hydrogen-bond donors (Lipinski definition) is 1. The highest BCUT2D eigenvalue weighted by molar-refractivity contribution is 5.94. The van der Waals surface area contributed by atoms with Gasteiger partial charge in [-0.2, -0.15) is 5.10 Å². The second-order valence-electron chi connectivity index (χ2n) is 7.60. The fraction of sp³-hybridized carbons (Fsp3) is 0.476. The molecule has 0 spiro atoms. The van der Waals surface area contributed by atoms with Gasteiger partial charge in [-0.25, -0.2) is 0 Å². The molecule has 2 saturated heterocycles. The number of piperidine rings is 1. The minimum absolute atomic E-state index is 0.0335. The van der Waals surface area contributed by atoms with E-state index >= 15 is 0 Å². The van der Waals surface area contributed by atoms with E-state index in [-0.39, 0.29) is 17.9 Å². The summed E-state index contributed by atoms with van der Waals surface area (Å²) < 4.78 is 7.56. The van der Waals surface area contributed by atoms with Crippen molar-refractivity contribution in [2.75, 3.05) is 19.7 Å². The van der Waals surface area contributed by atoms with Gasteiger partial charge in [0, 0.05) is 37.7 Å². The van der Waals surface area contributed by atoms with Crippen molar-refractivity contribution in [1.82, 2.24) is 14.7 Å². The van der Waals surface area contributed by atoms with Gasteiger partial charge in [0.15, 0.2) is 0 Å². The lowest BCUT2D eigenvalue weighted by atomic mass is 9.84. The van der Waals surface area contributed by atoms with Gasteiger partial charge in [-0.05, 0) is 48.9 Å². The van der Waals surface area contributed by atoms with Gasteiger partial charge in [0.05, 0.1) is 18.6 Å². The van der Waals surface area contributed by atoms with E-state index in [1.54, 1.807) is 6.20 Å². The van der Waals surface area contributed by atoms with Crippen molar-refractivity contribution < 1.29 is 19.4 Å². The van der Waals surface area contributed by atoms with Gasteiger partial charge in [-0.15, -0.1) is 0 Å². The zero-order valence-electron chi connectivity index (χ0n) is 15.7. The molecule has 0 bridgehead atoms. The van der Waals surface area contributed by atoms with Crippen LogP contribution < -0.4 is 0 Å². The van der Waals surface area contributed by atoms with Gasteiger partial charge in [0.2, 0.25) is 0 Å². The average molecular weight is 383 g/mol.